The van der Waals surface area contributed by atoms with Gasteiger partial charge < -0.3 is 10.0 Å². The van der Waals surface area contributed by atoms with Gasteiger partial charge >= 0.3 is 5.97 Å². The molecule has 0 unspecified atom stereocenters. The first-order chi connectivity index (χ1) is 7.90. The summed E-state index contributed by atoms with van der Waals surface area (Å²) in [4.78, 5) is 23.7. The smallest absolute Gasteiger partial charge is 0.358 e. The molecule has 1 N–H and O–H groups in total. The van der Waals surface area contributed by atoms with Gasteiger partial charge in [0.25, 0.3) is 0 Å². The van der Waals surface area contributed by atoms with Crippen LogP contribution in [0.1, 0.15) is 17.4 Å². The molecule has 0 bridgehead atoms. The fraction of sp³-hybridized carbons (Fsp3) is 0.400. The second-order valence-electron chi connectivity index (χ2n) is 3.81. The molecule has 1 aromatic heterocycles. The van der Waals surface area contributed by atoms with Crippen LogP contribution in [0.4, 0.5) is 0 Å². The van der Waals surface area contributed by atoms with Crippen molar-refractivity contribution in [1.29, 1.82) is 0 Å². The molecule has 0 aliphatic rings. The topological polar surface area (TPSA) is 88.3 Å². The van der Waals surface area contributed by atoms with Crippen LogP contribution in [-0.2, 0) is 11.3 Å². The lowest BCUT2D eigenvalue weighted by Gasteiger charge is -2.16. The molecule has 17 heavy (non-hydrogen) atoms. The largest absolute Gasteiger partial charge is 0.476 e. The van der Waals surface area contributed by atoms with E-state index in [4.69, 9.17) is 5.11 Å². The van der Waals surface area contributed by atoms with E-state index in [1.807, 2.05) is 6.92 Å². The first-order valence-electron chi connectivity index (χ1n) is 4.92. The molecule has 0 radical (unpaired) electrons. The van der Waals surface area contributed by atoms with Crippen LogP contribution in [0.2, 0.25) is 0 Å². The maximum absolute atomic E-state index is 11.7. The van der Waals surface area contributed by atoms with E-state index >= 15 is 0 Å². The molecule has 0 aliphatic heterocycles. The predicted octanol–water partition coefficient (Wildman–Crippen LogP) is 0.0108. The SMILES string of the molecule is C=C(C)CN(C)C(=O)Cn1cc(C(=O)O)nn1. The standard InChI is InChI=1S/C10H14N4O3/c1-7(2)4-13(3)9(15)6-14-5-8(10(16)17)11-12-14/h5H,1,4,6H2,2-3H3,(H,16,17). The number of aromatic carboxylic acids is 1. The van der Waals surface area contributed by atoms with Crippen LogP contribution in [0.25, 0.3) is 0 Å². The van der Waals surface area contributed by atoms with Crippen molar-refractivity contribution in [3.8, 4) is 0 Å². The van der Waals surface area contributed by atoms with Gasteiger partial charge in [-0.1, -0.05) is 17.4 Å². The molecule has 0 saturated heterocycles. The Morgan fingerprint density at radius 1 is 1.59 bits per heavy atom. The predicted molar refractivity (Wildman–Crippen MR) is 59.4 cm³/mol. The van der Waals surface area contributed by atoms with Gasteiger partial charge in [-0.2, -0.15) is 0 Å². The first-order valence-corrected chi connectivity index (χ1v) is 4.92. The van der Waals surface area contributed by atoms with E-state index in [-0.39, 0.29) is 18.1 Å². The number of hydrogen-bond donors (Lipinski definition) is 1. The van der Waals surface area contributed by atoms with Crippen molar-refractivity contribution in [2.75, 3.05) is 13.6 Å². The molecule has 7 nitrogen and oxygen atoms in total. The highest BCUT2D eigenvalue weighted by atomic mass is 16.4. The van der Waals surface area contributed by atoms with Crippen LogP contribution >= 0.6 is 0 Å². The molecular weight excluding hydrogens is 224 g/mol. The molecule has 92 valence electrons. The summed E-state index contributed by atoms with van der Waals surface area (Å²) in [6.07, 6.45) is 1.22. The molecule has 1 aromatic rings. The van der Waals surface area contributed by atoms with Crippen molar-refractivity contribution in [3.63, 3.8) is 0 Å². The highest BCUT2D eigenvalue weighted by Gasteiger charge is 2.13. The van der Waals surface area contributed by atoms with E-state index in [1.165, 1.54) is 15.8 Å². The fourth-order valence-electron chi connectivity index (χ4n) is 1.23. The van der Waals surface area contributed by atoms with Crippen molar-refractivity contribution in [1.82, 2.24) is 19.9 Å². The van der Waals surface area contributed by atoms with Gasteiger partial charge in [0.1, 0.15) is 6.54 Å². The van der Waals surface area contributed by atoms with Gasteiger partial charge in [-0.05, 0) is 6.92 Å². The van der Waals surface area contributed by atoms with Crippen LogP contribution in [0.3, 0.4) is 0 Å². The molecule has 0 fully saturated rings. The summed E-state index contributed by atoms with van der Waals surface area (Å²) in [5, 5.41) is 15.6. The third kappa shape index (κ3) is 3.71. The normalized spacial score (nSPS) is 10.0. The number of carboxylic acid groups (broad SMARTS) is 1. The Bertz CT molecular complexity index is 452. The van der Waals surface area contributed by atoms with Gasteiger partial charge in [0.15, 0.2) is 5.69 Å². The molecule has 0 saturated carbocycles. The zero-order valence-electron chi connectivity index (χ0n) is 9.75. The van der Waals surface area contributed by atoms with Crippen molar-refractivity contribution in [3.05, 3.63) is 24.0 Å². The first kappa shape index (κ1) is 12.9. The second kappa shape index (κ2) is 5.24. The van der Waals surface area contributed by atoms with Gasteiger partial charge in [-0.25, -0.2) is 9.48 Å². The third-order valence-corrected chi connectivity index (χ3v) is 1.99. The van der Waals surface area contributed by atoms with Gasteiger partial charge in [0.05, 0.1) is 6.20 Å². The van der Waals surface area contributed by atoms with E-state index in [1.54, 1.807) is 7.05 Å². The minimum absolute atomic E-state index is 0.0376. The molecule has 1 amide bonds. The van der Waals surface area contributed by atoms with E-state index < -0.39 is 5.97 Å². The van der Waals surface area contributed by atoms with Gasteiger partial charge in [0, 0.05) is 13.6 Å². The van der Waals surface area contributed by atoms with Crippen LogP contribution in [0, 0.1) is 0 Å². The lowest BCUT2D eigenvalue weighted by atomic mass is 10.3. The number of carboxylic acids is 1. The molecule has 0 spiro atoms. The highest BCUT2D eigenvalue weighted by molar-refractivity contribution is 5.84. The summed E-state index contributed by atoms with van der Waals surface area (Å²) in [7, 11) is 1.64. The maximum atomic E-state index is 11.7. The maximum Gasteiger partial charge on any atom is 0.358 e. The molecule has 1 heterocycles. The summed E-state index contributed by atoms with van der Waals surface area (Å²) in [5.41, 5.74) is 0.686. The van der Waals surface area contributed by atoms with Crippen LogP contribution < -0.4 is 0 Å². The number of rotatable bonds is 5. The minimum Gasteiger partial charge on any atom is -0.476 e. The number of amides is 1. The molecular formula is C10H14N4O3. The van der Waals surface area contributed by atoms with E-state index in [9.17, 15) is 9.59 Å². The minimum atomic E-state index is -1.17. The molecule has 1 rings (SSSR count). The van der Waals surface area contributed by atoms with Gasteiger partial charge in [-0.3, -0.25) is 4.79 Å². The second-order valence-corrected chi connectivity index (χ2v) is 3.81. The van der Waals surface area contributed by atoms with E-state index in [0.29, 0.717) is 6.54 Å². The number of nitrogens with zero attached hydrogens (tertiary/aromatic N) is 4. The Morgan fingerprint density at radius 3 is 2.71 bits per heavy atom. The Balaban J connectivity index is 2.61. The average molecular weight is 238 g/mol. The highest BCUT2D eigenvalue weighted by Crippen LogP contribution is 1.97. The number of hydrogen-bond acceptors (Lipinski definition) is 4. The number of carbonyl (C=O) groups excluding carboxylic acids is 1. The van der Waals surface area contributed by atoms with Crippen LogP contribution in [0.15, 0.2) is 18.3 Å². The summed E-state index contributed by atoms with van der Waals surface area (Å²) in [6.45, 7) is 5.95. The molecule has 0 atom stereocenters. The van der Waals surface area contributed by atoms with Crippen molar-refractivity contribution >= 4 is 11.9 Å². The summed E-state index contributed by atoms with van der Waals surface area (Å²) in [6, 6.07) is 0. The Labute approximate surface area is 98.3 Å². The fourth-order valence-corrected chi connectivity index (χ4v) is 1.23. The molecule has 7 heteroatoms. The molecule has 0 aliphatic carbocycles. The van der Waals surface area contributed by atoms with Gasteiger partial charge in [0.2, 0.25) is 5.91 Å². The lowest BCUT2D eigenvalue weighted by Crippen LogP contribution is -2.31. The Morgan fingerprint density at radius 2 is 2.24 bits per heavy atom. The third-order valence-electron chi connectivity index (χ3n) is 1.99. The zero-order chi connectivity index (χ0) is 13.0. The Kier molecular flexibility index (Phi) is 3.97. The van der Waals surface area contributed by atoms with Crippen LogP contribution in [0.5, 0.6) is 0 Å². The lowest BCUT2D eigenvalue weighted by molar-refractivity contribution is -0.130. The van der Waals surface area contributed by atoms with Crippen molar-refractivity contribution < 1.29 is 14.7 Å². The zero-order valence-corrected chi connectivity index (χ0v) is 9.75. The monoisotopic (exact) mass is 238 g/mol. The van der Waals surface area contributed by atoms with Crippen molar-refractivity contribution in [2.24, 2.45) is 0 Å². The van der Waals surface area contributed by atoms with E-state index in [0.717, 1.165) is 5.57 Å². The Hall–Kier alpha value is -2.18. The summed E-state index contributed by atoms with van der Waals surface area (Å²) >= 11 is 0. The average Bonchev–Trinajstić information content (AvgIpc) is 2.65. The number of likely N-dealkylation sites (N-methyl/N-ethyl adjacent to an activating group) is 1. The number of aromatic nitrogens is 3. The summed E-state index contributed by atoms with van der Waals surface area (Å²) < 4.78 is 1.20. The van der Waals surface area contributed by atoms with Gasteiger partial charge in [-0.15, -0.1) is 5.10 Å². The quantitative estimate of drug-likeness (QED) is 0.730. The number of carbonyl (C=O) groups is 2. The van der Waals surface area contributed by atoms with E-state index in [2.05, 4.69) is 16.9 Å². The molecule has 0 aromatic carbocycles. The summed E-state index contributed by atoms with van der Waals surface area (Å²) in [5.74, 6) is -1.35. The van der Waals surface area contributed by atoms with Crippen LogP contribution in [-0.4, -0.2) is 50.5 Å². The van der Waals surface area contributed by atoms with Crippen molar-refractivity contribution in [2.45, 2.75) is 13.5 Å².